The summed E-state index contributed by atoms with van der Waals surface area (Å²) in [6.45, 7) is 2.15. The van der Waals surface area contributed by atoms with Gasteiger partial charge in [-0.3, -0.25) is 9.69 Å². The second-order valence-electron chi connectivity index (χ2n) is 4.99. The number of rotatable bonds is 3. The van der Waals surface area contributed by atoms with Gasteiger partial charge in [0.1, 0.15) is 5.37 Å². The predicted molar refractivity (Wildman–Crippen MR) is 64.4 cm³/mol. The maximum Gasteiger partial charge on any atom is 1.00 e. The number of thioether (sulfide) groups is 1. The number of fused-ring (bicyclic) bond motifs is 1. The zero-order valence-corrected chi connectivity index (χ0v) is 14.2. The van der Waals surface area contributed by atoms with Crippen molar-refractivity contribution in [2.75, 3.05) is 6.61 Å². The molecule has 3 aliphatic rings. The molecule has 0 spiro atoms. The predicted octanol–water partition coefficient (Wildman–Crippen LogP) is -3.96. The van der Waals surface area contributed by atoms with Crippen LogP contribution >= 0.6 is 11.8 Å². The first-order valence-electron chi connectivity index (χ1n) is 6.27. The van der Waals surface area contributed by atoms with Gasteiger partial charge in [0, 0.05) is 11.5 Å². The monoisotopic (exact) mass is 307 g/mol. The summed E-state index contributed by atoms with van der Waals surface area (Å²) >= 11 is 1.31. The van der Waals surface area contributed by atoms with E-state index < -0.39 is 18.0 Å². The molecule has 8 heteroatoms. The second-order valence-corrected chi connectivity index (χ2v) is 6.14. The SMILES string of the molecule is C[C@@H](O)[C@@H]1C(=O)N2C(C(=O)[O-])=C([C@H]3CCCO3)S[C@H]12.[Na+]. The van der Waals surface area contributed by atoms with E-state index in [9.17, 15) is 19.8 Å². The molecule has 20 heavy (non-hydrogen) atoms. The van der Waals surface area contributed by atoms with Gasteiger partial charge >= 0.3 is 29.6 Å². The molecule has 1 amide bonds. The molecule has 0 bridgehead atoms. The summed E-state index contributed by atoms with van der Waals surface area (Å²) < 4.78 is 5.50. The Bertz CT molecular complexity index is 474. The van der Waals surface area contributed by atoms with Crippen LogP contribution in [0.3, 0.4) is 0 Å². The van der Waals surface area contributed by atoms with Crippen LogP contribution in [0.25, 0.3) is 0 Å². The summed E-state index contributed by atoms with van der Waals surface area (Å²) in [7, 11) is 0. The summed E-state index contributed by atoms with van der Waals surface area (Å²) in [4.78, 5) is 25.0. The Hall–Kier alpha value is -0.0500. The number of aliphatic carboxylic acids is 1. The minimum atomic E-state index is -1.35. The molecule has 0 aliphatic carbocycles. The molecule has 6 nitrogen and oxygen atoms in total. The van der Waals surface area contributed by atoms with Crippen LogP contribution < -0.4 is 34.7 Å². The second kappa shape index (κ2) is 5.98. The van der Waals surface area contributed by atoms with Crippen molar-refractivity contribution in [3.63, 3.8) is 0 Å². The van der Waals surface area contributed by atoms with Crippen LogP contribution in [-0.4, -0.2) is 46.1 Å². The van der Waals surface area contributed by atoms with Crippen LogP contribution in [0.4, 0.5) is 0 Å². The number of β-lactam (4-membered cyclic amide) rings is 1. The standard InChI is InChI=1S/C12H15NO5S.Na/c1-5(14)7-10(15)13-8(12(16)17)9(19-11(7)13)6-3-2-4-18-6;/h5-7,11,14H,2-4H2,1H3,(H,16,17);/q;+1/p-1/t5-,6-,7-,11-;/m1./s1. The van der Waals surface area contributed by atoms with Gasteiger partial charge in [-0.1, -0.05) is 11.8 Å². The Balaban J connectivity index is 0.00000147. The van der Waals surface area contributed by atoms with Crippen LogP contribution in [0.1, 0.15) is 19.8 Å². The number of carbonyl (C=O) groups is 2. The Morgan fingerprint density at radius 3 is 2.80 bits per heavy atom. The number of hydrogen-bond acceptors (Lipinski definition) is 6. The van der Waals surface area contributed by atoms with Gasteiger partial charge in [0.05, 0.1) is 29.8 Å². The van der Waals surface area contributed by atoms with E-state index >= 15 is 0 Å². The molecule has 3 rings (SSSR count). The Kier molecular flexibility index (Phi) is 4.88. The summed E-state index contributed by atoms with van der Waals surface area (Å²) in [5.41, 5.74) is -0.0659. The van der Waals surface area contributed by atoms with E-state index in [1.165, 1.54) is 16.7 Å². The Morgan fingerprint density at radius 1 is 1.60 bits per heavy atom. The molecule has 2 saturated heterocycles. The molecule has 3 heterocycles. The summed E-state index contributed by atoms with van der Waals surface area (Å²) in [6, 6.07) is 0. The molecular formula is C12H14NNaO5S. The van der Waals surface area contributed by atoms with E-state index in [0.717, 1.165) is 12.8 Å². The number of carboxylic acid groups (broad SMARTS) is 1. The Labute approximate surface area is 142 Å². The van der Waals surface area contributed by atoms with Crippen molar-refractivity contribution in [3.05, 3.63) is 10.6 Å². The van der Waals surface area contributed by atoms with Gasteiger partial charge in [0.2, 0.25) is 5.91 Å². The molecule has 0 radical (unpaired) electrons. The number of hydrogen-bond donors (Lipinski definition) is 1. The molecule has 0 aromatic carbocycles. The number of nitrogens with zero attached hydrogens (tertiary/aromatic N) is 1. The van der Waals surface area contributed by atoms with Crippen LogP contribution in [0.2, 0.25) is 0 Å². The molecule has 104 valence electrons. The smallest absolute Gasteiger partial charge is 0.543 e. The maximum absolute atomic E-state index is 11.9. The normalized spacial score (nSPS) is 33.6. The van der Waals surface area contributed by atoms with E-state index in [4.69, 9.17) is 4.74 Å². The number of carbonyl (C=O) groups excluding carboxylic acids is 2. The van der Waals surface area contributed by atoms with E-state index in [1.807, 2.05) is 0 Å². The van der Waals surface area contributed by atoms with Crippen molar-refractivity contribution in [2.24, 2.45) is 5.92 Å². The zero-order chi connectivity index (χ0) is 13.7. The van der Waals surface area contributed by atoms with Crippen LogP contribution in [-0.2, 0) is 14.3 Å². The minimum Gasteiger partial charge on any atom is -0.543 e. The number of aliphatic hydroxyl groups is 1. The van der Waals surface area contributed by atoms with Crippen molar-refractivity contribution >= 4 is 23.6 Å². The number of aliphatic hydroxyl groups excluding tert-OH is 1. The van der Waals surface area contributed by atoms with Gasteiger partial charge in [-0.05, 0) is 19.8 Å². The van der Waals surface area contributed by atoms with E-state index in [-0.39, 0.29) is 52.6 Å². The van der Waals surface area contributed by atoms with Gasteiger partial charge < -0.3 is 19.7 Å². The Morgan fingerprint density at radius 2 is 2.30 bits per heavy atom. The maximum atomic E-state index is 11.9. The molecule has 2 fully saturated rings. The molecule has 0 saturated carbocycles. The minimum absolute atomic E-state index is 0. The summed E-state index contributed by atoms with van der Waals surface area (Å²) in [5, 5.41) is 20.5. The van der Waals surface area contributed by atoms with Crippen molar-refractivity contribution < 1.29 is 54.1 Å². The van der Waals surface area contributed by atoms with E-state index in [0.29, 0.717) is 11.5 Å². The molecule has 4 atom stereocenters. The van der Waals surface area contributed by atoms with Gasteiger partial charge in [0.15, 0.2) is 0 Å². The third-order valence-corrected chi connectivity index (χ3v) is 5.20. The third-order valence-electron chi connectivity index (χ3n) is 3.74. The quantitative estimate of drug-likeness (QED) is 0.423. The number of carboxylic acids is 1. The molecule has 0 aromatic heterocycles. The molecule has 3 aliphatic heterocycles. The van der Waals surface area contributed by atoms with Crippen molar-refractivity contribution in [3.8, 4) is 0 Å². The molecule has 1 N–H and O–H groups in total. The molecule has 0 aromatic rings. The van der Waals surface area contributed by atoms with Crippen LogP contribution in [0.5, 0.6) is 0 Å². The van der Waals surface area contributed by atoms with Gasteiger partial charge in [-0.15, -0.1) is 0 Å². The number of ether oxygens (including phenoxy) is 1. The topological polar surface area (TPSA) is 89.9 Å². The summed E-state index contributed by atoms with van der Waals surface area (Å²) in [5.74, 6) is -2.24. The van der Waals surface area contributed by atoms with Crippen molar-refractivity contribution in [1.82, 2.24) is 4.90 Å². The number of amides is 1. The zero-order valence-electron chi connectivity index (χ0n) is 11.4. The average molecular weight is 307 g/mol. The van der Waals surface area contributed by atoms with E-state index in [2.05, 4.69) is 0 Å². The van der Waals surface area contributed by atoms with Crippen molar-refractivity contribution in [2.45, 2.75) is 37.3 Å². The first-order valence-corrected chi connectivity index (χ1v) is 7.15. The molecular weight excluding hydrogens is 293 g/mol. The van der Waals surface area contributed by atoms with Gasteiger partial charge in [0.25, 0.3) is 0 Å². The van der Waals surface area contributed by atoms with E-state index in [1.54, 1.807) is 6.92 Å². The fourth-order valence-electron chi connectivity index (χ4n) is 2.81. The average Bonchev–Trinajstić information content (AvgIpc) is 2.92. The van der Waals surface area contributed by atoms with Crippen molar-refractivity contribution in [1.29, 1.82) is 0 Å². The van der Waals surface area contributed by atoms with Gasteiger partial charge in [-0.2, -0.15) is 0 Å². The first kappa shape index (κ1) is 16.3. The summed E-state index contributed by atoms with van der Waals surface area (Å²) in [6.07, 6.45) is 0.597. The largest absolute Gasteiger partial charge is 1.00 e. The third kappa shape index (κ3) is 2.34. The fraction of sp³-hybridized carbons (Fsp3) is 0.667. The first-order chi connectivity index (χ1) is 9.02. The fourth-order valence-corrected chi connectivity index (χ4v) is 4.51. The van der Waals surface area contributed by atoms with Crippen LogP contribution in [0.15, 0.2) is 10.6 Å². The van der Waals surface area contributed by atoms with Gasteiger partial charge in [-0.25, -0.2) is 0 Å². The van der Waals surface area contributed by atoms with Crippen LogP contribution in [0, 0.1) is 5.92 Å². The molecule has 0 unspecified atom stereocenters.